The largest absolute Gasteiger partial charge is 0.391 e. The van der Waals surface area contributed by atoms with E-state index in [9.17, 15) is 9.90 Å². The molecule has 0 aliphatic heterocycles. The number of aliphatic hydroxyl groups is 1. The van der Waals surface area contributed by atoms with Crippen molar-refractivity contribution in [2.75, 3.05) is 0 Å². The first-order chi connectivity index (χ1) is 11.7. The summed E-state index contributed by atoms with van der Waals surface area (Å²) in [6.07, 6.45) is 11.8. The number of carbonyl (C=O) groups is 1. The van der Waals surface area contributed by atoms with E-state index in [1.165, 1.54) is 12.4 Å². The Hall–Kier alpha value is -2.34. The molecule has 2 aromatic heterocycles. The Labute approximate surface area is 141 Å². The van der Waals surface area contributed by atoms with Crippen molar-refractivity contribution in [2.45, 2.75) is 50.7 Å². The zero-order valence-electron chi connectivity index (χ0n) is 13.6. The minimum absolute atomic E-state index is 0.197. The second-order valence-corrected chi connectivity index (χ2v) is 6.17. The fourth-order valence-electron chi connectivity index (χ4n) is 2.98. The molecule has 2 aromatic rings. The van der Waals surface area contributed by atoms with Crippen LogP contribution in [0.3, 0.4) is 0 Å². The highest BCUT2D eigenvalue weighted by Gasteiger charge is 2.23. The molecule has 0 bridgehead atoms. The Morgan fingerprint density at radius 3 is 2.42 bits per heavy atom. The summed E-state index contributed by atoms with van der Waals surface area (Å²) in [5.41, 5.74) is 1.26. The highest BCUT2D eigenvalue weighted by molar-refractivity contribution is 5.93. The highest BCUT2D eigenvalue weighted by Crippen LogP contribution is 2.18. The summed E-state index contributed by atoms with van der Waals surface area (Å²) in [7, 11) is 0. The van der Waals surface area contributed by atoms with Gasteiger partial charge in [0, 0.05) is 30.4 Å². The first kappa shape index (κ1) is 16.5. The molecule has 126 valence electrons. The lowest BCUT2D eigenvalue weighted by atomic mass is 9.94. The van der Waals surface area contributed by atoms with Crippen LogP contribution < -0.4 is 5.32 Å². The van der Waals surface area contributed by atoms with Crippen LogP contribution in [0.15, 0.2) is 36.9 Å². The number of aliphatic hydroxyl groups excluding tert-OH is 1. The maximum absolute atomic E-state index is 12.4. The van der Waals surface area contributed by atoms with Crippen LogP contribution in [0, 0.1) is 0 Å². The topological polar surface area (TPSA) is 88.0 Å². The van der Waals surface area contributed by atoms with E-state index in [1.54, 1.807) is 12.4 Å². The van der Waals surface area contributed by atoms with Crippen molar-refractivity contribution in [3.05, 3.63) is 42.5 Å². The van der Waals surface area contributed by atoms with Crippen molar-refractivity contribution in [3.8, 4) is 11.4 Å². The number of amides is 1. The van der Waals surface area contributed by atoms with Gasteiger partial charge >= 0.3 is 0 Å². The summed E-state index contributed by atoms with van der Waals surface area (Å²) in [6, 6.07) is 3.44. The molecular formula is C18H22N4O2. The molecule has 3 rings (SSSR count). The number of rotatable bonds is 3. The highest BCUT2D eigenvalue weighted by atomic mass is 16.3. The number of hydrogen-bond acceptors (Lipinski definition) is 5. The fraction of sp³-hybridized carbons (Fsp3) is 0.444. The Morgan fingerprint density at radius 2 is 1.71 bits per heavy atom. The number of nitrogens with zero attached hydrogens (tertiary/aromatic N) is 3. The first-order valence-corrected chi connectivity index (χ1v) is 8.45. The SMILES string of the molecule is O=C(N[C@H]1CCCCCC[C@@H]1O)c1cnc(-c2ccncc2)nc1. The molecule has 0 spiro atoms. The molecule has 6 nitrogen and oxygen atoms in total. The van der Waals surface area contributed by atoms with Crippen molar-refractivity contribution < 1.29 is 9.90 Å². The number of carbonyl (C=O) groups excluding carboxylic acids is 1. The van der Waals surface area contributed by atoms with Gasteiger partial charge in [-0.15, -0.1) is 0 Å². The molecule has 0 aromatic carbocycles. The second-order valence-electron chi connectivity index (χ2n) is 6.17. The summed E-state index contributed by atoms with van der Waals surface area (Å²) in [6.45, 7) is 0. The van der Waals surface area contributed by atoms with E-state index >= 15 is 0 Å². The van der Waals surface area contributed by atoms with Crippen molar-refractivity contribution in [1.29, 1.82) is 0 Å². The van der Waals surface area contributed by atoms with Gasteiger partial charge in [0.05, 0.1) is 17.7 Å². The Bertz CT molecular complexity index is 660. The molecule has 6 heteroatoms. The van der Waals surface area contributed by atoms with Crippen LogP contribution in [0.25, 0.3) is 11.4 Å². The third-order valence-electron chi connectivity index (χ3n) is 4.40. The van der Waals surface area contributed by atoms with Gasteiger partial charge in [0.1, 0.15) is 0 Å². The monoisotopic (exact) mass is 326 g/mol. The van der Waals surface area contributed by atoms with Crippen LogP contribution in [0.5, 0.6) is 0 Å². The van der Waals surface area contributed by atoms with E-state index in [-0.39, 0.29) is 11.9 Å². The Morgan fingerprint density at radius 1 is 1.04 bits per heavy atom. The lowest BCUT2D eigenvalue weighted by molar-refractivity contribution is 0.0770. The van der Waals surface area contributed by atoms with Gasteiger partial charge in [-0.1, -0.05) is 25.7 Å². The van der Waals surface area contributed by atoms with E-state index in [2.05, 4.69) is 20.3 Å². The van der Waals surface area contributed by atoms with Gasteiger partial charge in [0.25, 0.3) is 5.91 Å². The van der Waals surface area contributed by atoms with Gasteiger partial charge < -0.3 is 10.4 Å². The van der Waals surface area contributed by atoms with Crippen molar-refractivity contribution in [1.82, 2.24) is 20.3 Å². The summed E-state index contributed by atoms with van der Waals surface area (Å²) in [4.78, 5) is 24.9. The zero-order valence-corrected chi connectivity index (χ0v) is 13.6. The minimum atomic E-state index is -0.480. The Balaban J connectivity index is 1.66. The van der Waals surface area contributed by atoms with Crippen LogP contribution >= 0.6 is 0 Å². The second kappa shape index (κ2) is 7.97. The number of nitrogens with one attached hydrogen (secondary N) is 1. The molecule has 24 heavy (non-hydrogen) atoms. The van der Waals surface area contributed by atoms with Gasteiger partial charge in [-0.2, -0.15) is 0 Å². The van der Waals surface area contributed by atoms with Crippen LogP contribution in [-0.4, -0.2) is 38.1 Å². The lowest BCUT2D eigenvalue weighted by Crippen LogP contribution is -2.43. The summed E-state index contributed by atoms with van der Waals surface area (Å²) < 4.78 is 0. The van der Waals surface area contributed by atoms with E-state index in [0.717, 1.165) is 44.1 Å². The van der Waals surface area contributed by atoms with E-state index in [4.69, 9.17) is 0 Å². The normalized spacial score (nSPS) is 21.5. The van der Waals surface area contributed by atoms with Gasteiger partial charge in [-0.25, -0.2) is 9.97 Å². The Kier molecular flexibility index (Phi) is 5.48. The molecule has 2 N–H and O–H groups in total. The van der Waals surface area contributed by atoms with E-state index < -0.39 is 6.10 Å². The molecule has 2 heterocycles. The standard InChI is InChI=1S/C18H22N4O2/c23-16-6-4-2-1-3-5-15(16)22-18(24)14-11-20-17(21-12-14)13-7-9-19-10-8-13/h7-12,15-16,23H,1-6H2,(H,22,24)/t15-,16-/m0/s1. The summed E-state index contributed by atoms with van der Waals surface area (Å²) in [5, 5.41) is 13.1. The van der Waals surface area contributed by atoms with E-state index in [0.29, 0.717) is 11.4 Å². The third kappa shape index (κ3) is 4.14. The zero-order chi connectivity index (χ0) is 16.8. The van der Waals surface area contributed by atoms with Gasteiger partial charge in [0.15, 0.2) is 5.82 Å². The first-order valence-electron chi connectivity index (χ1n) is 8.45. The predicted molar refractivity (Wildman–Crippen MR) is 90.2 cm³/mol. The molecule has 0 radical (unpaired) electrons. The van der Waals surface area contributed by atoms with Gasteiger partial charge in [-0.3, -0.25) is 9.78 Å². The number of aromatic nitrogens is 3. The molecule has 0 saturated heterocycles. The van der Waals surface area contributed by atoms with Gasteiger partial charge in [-0.05, 0) is 25.0 Å². The average Bonchev–Trinajstić information content (AvgIpc) is 2.62. The fourth-order valence-corrected chi connectivity index (χ4v) is 2.98. The molecule has 1 saturated carbocycles. The molecule has 1 amide bonds. The lowest BCUT2D eigenvalue weighted by Gasteiger charge is -2.26. The van der Waals surface area contributed by atoms with Crippen LogP contribution in [0.4, 0.5) is 0 Å². The molecule has 1 fully saturated rings. The van der Waals surface area contributed by atoms with Crippen LogP contribution in [0.2, 0.25) is 0 Å². The molecule has 1 aliphatic carbocycles. The predicted octanol–water partition coefficient (Wildman–Crippen LogP) is 2.35. The maximum atomic E-state index is 12.4. The van der Waals surface area contributed by atoms with Crippen molar-refractivity contribution in [2.24, 2.45) is 0 Å². The average molecular weight is 326 g/mol. The number of hydrogen-bond donors (Lipinski definition) is 2. The van der Waals surface area contributed by atoms with Crippen LogP contribution in [-0.2, 0) is 0 Å². The van der Waals surface area contributed by atoms with Gasteiger partial charge in [0.2, 0.25) is 0 Å². The van der Waals surface area contributed by atoms with Crippen molar-refractivity contribution in [3.63, 3.8) is 0 Å². The smallest absolute Gasteiger partial charge is 0.254 e. The van der Waals surface area contributed by atoms with E-state index in [1.807, 2.05) is 12.1 Å². The van der Waals surface area contributed by atoms with Crippen molar-refractivity contribution >= 4 is 5.91 Å². The molecular weight excluding hydrogens is 304 g/mol. The third-order valence-corrected chi connectivity index (χ3v) is 4.40. The summed E-state index contributed by atoms with van der Waals surface area (Å²) in [5.74, 6) is 0.320. The molecule has 1 aliphatic rings. The minimum Gasteiger partial charge on any atom is -0.391 e. The summed E-state index contributed by atoms with van der Waals surface area (Å²) >= 11 is 0. The molecule has 0 unspecified atom stereocenters. The van der Waals surface area contributed by atoms with Crippen LogP contribution in [0.1, 0.15) is 48.9 Å². The molecule has 2 atom stereocenters. The number of pyridine rings is 1. The maximum Gasteiger partial charge on any atom is 0.254 e. The quantitative estimate of drug-likeness (QED) is 0.904.